The molecule has 1 aromatic carbocycles. The number of nitrogens with zero attached hydrogens (tertiary/aromatic N) is 1. The second-order valence-corrected chi connectivity index (χ2v) is 5.13. The van der Waals surface area contributed by atoms with Gasteiger partial charge in [0.2, 0.25) is 0 Å². The van der Waals surface area contributed by atoms with Crippen molar-refractivity contribution in [2.24, 2.45) is 0 Å². The van der Waals surface area contributed by atoms with Gasteiger partial charge in [-0.25, -0.2) is 8.70 Å². The lowest BCUT2D eigenvalue weighted by Crippen LogP contribution is -2.30. The molecule has 17 heavy (non-hydrogen) atoms. The molecule has 0 spiro atoms. The number of carbonyl (C=O) groups is 1. The van der Waals surface area contributed by atoms with Crippen LogP contribution in [0.1, 0.15) is 0 Å². The second kappa shape index (κ2) is 3.97. The van der Waals surface area contributed by atoms with E-state index in [2.05, 4.69) is 0 Å². The predicted molar refractivity (Wildman–Crippen MR) is 57.3 cm³/mol. The quantitative estimate of drug-likeness (QED) is 0.718. The molecule has 1 heterocycles. The zero-order valence-electron chi connectivity index (χ0n) is 8.50. The molecule has 1 unspecified atom stereocenters. The average molecular weight is 260 g/mol. The molecule has 0 bridgehead atoms. The van der Waals surface area contributed by atoms with E-state index in [1.165, 1.54) is 12.1 Å². The van der Waals surface area contributed by atoms with E-state index in [4.69, 9.17) is 0 Å². The molecule has 0 amide bonds. The standard InChI is InChI=1S/C9H9FN2O4S/c10-7-2-1-3-8(14)9(7)12-4-6(5-13)11-17(12,15)16/h1-3,5-6,11,14H,4H2. The van der Waals surface area contributed by atoms with E-state index in [1.54, 1.807) is 0 Å². The minimum absolute atomic E-state index is 0.250. The highest BCUT2D eigenvalue weighted by molar-refractivity contribution is 7.91. The smallest absolute Gasteiger partial charge is 0.302 e. The molecular formula is C9H9FN2O4S. The Morgan fingerprint density at radius 3 is 2.76 bits per heavy atom. The first-order chi connectivity index (χ1) is 7.95. The lowest BCUT2D eigenvalue weighted by Gasteiger charge is -2.17. The van der Waals surface area contributed by atoms with Crippen molar-refractivity contribution in [2.45, 2.75) is 6.04 Å². The average Bonchev–Trinajstić information content (AvgIpc) is 2.54. The highest BCUT2D eigenvalue weighted by atomic mass is 32.2. The highest BCUT2D eigenvalue weighted by Crippen LogP contribution is 2.33. The summed E-state index contributed by atoms with van der Waals surface area (Å²) >= 11 is 0. The number of aromatic hydroxyl groups is 1. The maximum absolute atomic E-state index is 13.5. The van der Waals surface area contributed by atoms with Gasteiger partial charge in [-0.3, -0.25) is 0 Å². The summed E-state index contributed by atoms with van der Waals surface area (Å²) in [7, 11) is -3.99. The number of nitrogens with one attached hydrogen (secondary N) is 1. The van der Waals surface area contributed by atoms with Gasteiger partial charge in [0, 0.05) is 0 Å². The van der Waals surface area contributed by atoms with Crippen molar-refractivity contribution in [3.8, 4) is 5.75 Å². The normalized spacial score (nSPS) is 22.6. The van der Waals surface area contributed by atoms with Crippen molar-refractivity contribution in [3.05, 3.63) is 24.0 Å². The summed E-state index contributed by atoms with van der Waals surface area (Å²) in [6.07, 6.45) is 0.412. The van der Waals surface area contributed by atoms with Gasteiger partial charge in [-0.15, -0.1) is 0 Å². The summed E-state index contributed by atoms with van der Waals surface area (Å²) < 4.78 is 39.4. The van der Waals surface area contributed by atoms with Crippen molar-refractivity contribution < 1.29 is 22.7 Å². The van der Waals surface area contributed by atoms with Gasteiger partial charge in [0.05, 0.1) is 12.6 Å². The number of carbonyl (C=O) groups excluding carboxylic acids is 1. The molecule has 1 saturated heterocycles. The Hall–Kier alpha value is -1.67. The third kappa shape index (κ3) is 1.96. The fraction of sp³-hybridized carbons (Fsp3) is 0.222. The number of halogens is 1. The van der Waals surface area contributed by atoms with Gasteiger partial charge in [0.25, 0.3) is 0 Å². The van der Waals surface area contributed by atoms with Gasteiger partial charge in [0.1, 0.15) is 17.7 Å². The Kier molecular flexibility index (Phi) is 2.76. The topological polar surface area (TPSA) is 86.7 Å². The summed E-state index contributed by atoms with van der Waals surface area (Å²) in [5.41, 5.74) is -0.454. The molecular weight excluding hydrogens is 251 g/mol. The van der Waals surface area contributed by atoms with Crippen LogP contribution in [0, 0.1) is 5.82 Å². The van der Waals surface area contributed by atoms with Crippen LogP contribution in [0.25, 0.3) is 0 Å². The maximum Gasteiger partial charge on any atom is 0.302 e. The lowest BCUT2D eigenvalue weighted by molar-refractivity contribution is -0.108. The molecule has 1 aliphatic rings. The van der Waals surface area contributed by atoms with Gasteiger partial charge in [0.15, 0.2) is 5.82 Å². The monoisotopic (exact) mass is 260 g/mol. The fourth-order valence-corrected chi connectivity index (χ4v) is 3.02. The van der Waals surface area contributed by atoms with Crippen LogP contribution in [0.5, 0.6) is 5.75 Å². The van der Waals surface area contributed by atoms with Crippen molar-refractivity contribution >= 4 is 22.2 Å². The molecule has 1 atom stereocenters. The number of hydrogen-bond donors (Lipinski definition) is 2. The Labute approximate surface area is 96.8 Å². The van der Waals surface area contributed by atoms with Crippen molar-refractivity contribution in [1.29, 1.82) is 0 Å². The van der Waals surface area contributed by atoms with E-state index >= 15 is 0 Å². The van der Waals surface area contributed by atoms with Gasteiger partial charge in [-0.1, -0.05) is 6.07 Å². The zero-order valence-corrected chi connectivity index (χ0v) is 9.32. The number of para-hydroxylation sites is 1. The molecule has 2 rings (SSSR count). The fourth-order valence-electron chi connectivity index (χ4n) is 1.60. The zero-order chi connectivity index (χ0) is 12.6. The van der Waals surface area contributed by atoms with Crippen LogP contribution in [-0.2, 0) is 15.0 Å². The number of benzene rings is 1. The van der Waals surface area contributed by atoms with Crippen LogP contribution in [0.4, 0.5) is 10.1 Å². The molecule has 2 N–H and O–H groups in total. The van der Waals surface area contributed by atoms with E-state index in [0.29, 0.717) is 10.6 Å². The first kappa shape index (κ1) is 11.8. The molecule has 8 heteroatoms. The van der Waals surface area contributed by atoms with E-state index in [0.717, 1.165) is 6.07 Å². The molecule has 1 aromatic rings. The minimum atomic E-state index is -3.99. The van der Waals surface area contributed by atoms with Gasteiger partial charge >= 0.3 is 10.2 Å². The summed E-state index contributed by atoms with van der Waals surface area (Å²) in [4.78, 5) is 10.5. The number of aldehydes is 1. The summed E-state index contributed by atoms with van der Waals surface area (Å²) in [6.45, 7) is -0.250. The minimum Gasteiger partial charge on any atom is -0.506 e. The van der Waals surface area contributed by atoms with Crippen LogP contribution in [0.3, 0.4) is 0 Å². The van der Waals surface area contributed by atoms with Crippen LogP contribution < -0.4 is 9.03 Å². The van der Waals surface area contributed by atoms with Crippen LogP contribution in [-0.4, -0.2) is 32.4 Å². The van der Waals surface area contributed by atoms with Crippen molar-refractivity contribution in [2.75, 3.05) is 10.8 Å². The third-order valence-electron chi connectivity index (χ3n) is 2.33. The SMILES string of the molecule is O=CC1CN(c2c(O)cccc2F)S(=O)(=O)N1. The van der Waals surface area contributed by atoms with Crippen LogP contribution in [0.2, 0.25) is 0 Å². The summed E-state index contributed by atoms with van der Waals surface area (Å²) in [5, 5.41) is 9.48. The predicted octanol–water partition coefficient (Wildman–Crippen LogP) is -0.247. The van der Waals surface area contributed by atoms with E-state index < -0.39 is 33.5 Å². The van der Waals surface area contributed by atoms with E-state index in [-0.39, 0.29) is 6.54 Å². The number of hydrogen-bond acceptors (Lipinski definition) is 4. The number of rotatable bonds is 2. The number of phenols is 1. The molecule has 0 radical (unpaired) electrons. The Balaban J connectivity index is 2.51. The van der Waals surface area contributed by atoms with Crippen molar-refractivity contribution in [3.63, 3.8) is 0 Å². The summed E-state index contributed by atoms with van der Waals surface area (Å²) in [6, 6.07) is 2.50. The molecule has 0 aliphatic carbocycles. The molecule has 0 aromatic heterocycles. The van der Waals surface area contributed by atoms with Gasteiger partial charge in [-0.05, 0) is 12.1 Å². The van der Waals surface area contributed by atoms with E-state index in [9.17, 15) is 22.7 Å². The van der Waals surface area contributed by atoms with Crippen molar-refractivity contribution in [1.82, 2.24) is 4.72 Å². The molecule has 1 fully saturated rings. The summed E-state index contributed by atoms with van der Waals surface area (Å²) in [5.74, 6) is -1.37. The van der Waals surface area contributed by atoms with E-state index in [1.807, 2.05) is 4.72 Å². The Morgan fingerprint density at radius 2 is 2.24 bits per heavy atom. The molecule has 1 aliphatic heterocycles. The Bertz CT molecular complexity index is 540. The first-order valence-electron chi connectivity index (χ1n) is 4.68. The van der Waals surface area contributed by atoms with Crippen LogP contribution >= 0.6 is 0 Å². The van der Waals surface area contributed by atoms with Crippen LogP contribution in [0.15, 0.2) is 18.2 Å². The third-order valence-corrected chi connectivity index (χ3v) is 3.84. The lowest BCUT2D eigenvalue weighted by atomic mass is 10.2. The first-order valence-corrected chi connectivity index (χ1v) is 6.12. The molecule has 6 nitrogen and oxygen atoms in total. The second-order valence-electron chi connectivity index (χ2n) is 3.50. The Morgan fingerprint density at radius 1 is 1.53 bits per heavy atom. The van der Waals surface area contributed by atoms with Gasteiger partial charge in [-0.2, -0.15) is 13.1 Å². The molecule has 0 saturated carbocycles. The molecule has 92 valence electrons. The number of anilines is 1. The maximum atomic E-state index is 13.5. The highest BCUT2D eigenvalue weighted by Gasteiger charge is 2.37. The number of phenolic OH excluding ortho intramolecular Hbond substituents is 1. The largest absolute Gasteiger partial charge is 0.506 e. The van der Waals surface area contributed by atoms with Gasteiger partial charge < -0.3 is 9.90 Å².